The van der Waals surface area contributed by atoms with E-state index in [0.717, 1.165) is 33.5 Å². The van der Waals surface area contributed by atoms with Crippen molar-refractivity contribution in [3.63, 3.8) is 0 Å². The third-order valence-corrected chi connectivity index (χ3v) is 3.65. The quantitative estimate of drug-likeness (QED) is 0.541. The Labute approximate surface area is 128 Å². The lowest BCUT2D eigenvalue weighted by Gasteiger charge is -1.99. The lowest BCUT2D eigenvalue weighted by molar-refractivity contribution is 0.620. The van der Waals surface area contributed by atoms with Gasteiger partial charge in [-0.05, 0) is 47.5 Å². The second-order valence-electron chi connectivity index (χ2n) is 5.19. The third-order valence-electron chi connectivity index (χ3n) is 3.65. The summed E-state index contributed by atoms with van der Waals surface area (Å²) in [7, 11) is 0. The molecule has 0 saturated carbocycles. The van der Waals surface area contributed by atoms with Gasteiger partial charge in [-0.3, -0.25) is 0 Å². The highest BCUT2D eigenvalue weighted by Gasteiger charge is 2.09. The lowest BCUT2D eigenvalue weighted by atomic mass is 10.1. The number of rotatable bonds is 2. The SMILES string of the molecule is Nc1ccc(-c2nc3ccc(-c4ccccc4)cc3o2)cc1. The van der Waals surface area contributed by atoms with Gasteiger partial charge in [0.2, 0.25) is 5.89 Å². The predicted octanol–water partition coefficient (Wildman–Crippen LogP) is 4.74. The second kappa shape index (κ2) is 5.04. The molecule has 0 aliphatic carbocycles. The van der Waals surface area contributed by atoms with Crippen molar-refractivity contribution in [2.75, 3.05) is 5.73 Å². The number of aromatic nitrogens is 1. The zero-order chi connectivity index (χ0) is 14.9. The maximum absolute atomic E-state index is 5.90. The number of hydrogen-bond acceptors (Lipinski definition) is 3. The number of benzene rings is 3. The average Bonchev–Trinajstić information content (AvgIpc) is 2.99. The fourth-order valence-corrected chi connectivity index (χ4v) is 2.48. The van der Waals surface area contributed by atoms with Gasteiger partial charge in [-0.2, -0.15) is 0 Å². The molecule has 0 amide bonds. The first-order valence-corrected chi connectivity index (χ1v) is 7.11. The number of oxazole rings is 1. The van der Waals surface area contributed by atoms with Crippen LogP contribution in [0.3, 0.4) is 0 Å². The summed E-state index contributed by atoms with van der Waals surface area (Å²) in [4.78, 5) is 4.54. The van der Waals surface area contributed by atoms with Gasteiger partial charge in [-0.1, -0.05) is 36.4 Å². The topological polar surface area (TPSA) is 52.0 Å². The lowest BCUT2D eigenvalue weighted by Crippen LogP contribution is -1.83. The Bertz CT molecular complexity index is 925. The minimum absolute atomic E-state index is 0.611. The first-order chi connectivity index (χ1) is 10.8. The summed E-state index contributed by atoms with van der Waals surface area (Å²) in [5.74, 6) is 0.611. The molecule has 0 atom stereocenters. The summed E-state index contributed by atoms with van der Waals surface area (Å²) < 4.78 is 5.90. The zero-order valence-corrected chi connectivity index (χ0v) is 11.9. The molecule has 0 fully saturated rings. The molecule has 4 aromatic rings. The van der Waals surface area contributed by atoms with Crippen LogP contribution >= 0.6 is 0 Å². The Kier molecular flexibility index (Phi) is 2.90. The van der Waals surface area contributed by atoms with Crippen LogP contribution in [-0.2, 0) is 0 Å². The first-order valence-electron chi connectivity index (χ1n) is 7.11. The highest BCUT2D eigenvalue weighted by molar-refractivity contribution is 5.82. The molecule has 0 aliphatic rings. The van der Waals surface area contributed by atoms with Crippen LogP contribution in [0.25, 0.3) is 33.7 Å². The van der Waals surface area contributed by atoms with Crippen LogP contribution in [0.2, 0.25) is 0 Å². The molecular formula is C19H14N2O. The molecule has 1 aromatic heterocycles. The number of hydrogen-bond donors (Lipinski definition) is 1. The minimum Gasteiger partial charge on any atom is -0.436 e. The summed E-state index contributed by atoms with van der Waals surface area (Å²) in [6.07, 6.45) is 0. The molecule has 0 aliphatic heterocycles. The van der Waals surface area contributed by atoms with Crippen molar-refractivity contribution in [1.82, 2.24) is 4.98 Å². The van der Waals surface area contributed by atoms with Crippen molar-refractivity contribution in [3.8, 4) is 22.6 Å². The van der Waals surface area contributed by atoms with Crippen LogP contribution in [0.15, 0.2) is 77.2 Å². The Morgan fingerprint density at radius 3 is 2.23 bits per heavy atom. The smallest absolute Gasteiger partial charge is 0.227 e. The Hall–Kier alpha value is -3.07. The van der Waals surface area contributed by atoms with Gasteiger partial charge in [0.15, 0.2) is 5.58 Å². The summed E-state index contributed by atoms with van der Waals surface area (Å²) in [6.45, 7) is 0. The van der Waals surface area contributed by atoms with Gasteiger partial charge < -0.3 is 10.2 Å². The van der Waals surface area contributed by atoms with Crippen molar-refractivity contribution in [2.24, 2.45) is 0 Å². The summed E-state index contributed by atoms with van der Waals surface area (Å²) in [5.41, 5.74) is 11.3. The molecule has 0 spiro atoms. The van der Waals surface area contributed by atoms with E-state index in [1.54, 1.807) is 0 Å². The molecule has 0 unspecified atom stereocenters. The van der Waals surface area contributed by atoms with Gasteiger partial charge in [0.05, 0.1) is 0 Å². The van der Waals surface area contributed by atoms with E-state index in [-0.39, 0.29) is 0 Å². The van der Waals surface area contributed by atoms with Crippen LogP contribution in [0.4, 0.5) is 5.69 Å². The number of anilines is 1. The molecule has 3 aromatic carbocycles. The van der Waals surface area contributed by atoms with Crippen LogP contribution in [-0.4, -0.2) is 4.98 Å². The molecule has 106 valence electrons. The Morgan fingerprint density at radius 2 is 1.45 bits per heavy atom. The van der Waals surface area contributed by atoms with Crippen molar-refractivity contribution in [3.05, 3.63) is 72.8 Å². The maximum Gasteiger partial charge on any atom is 0.227 e. The van der Waals surface area contributed by atoms with Gasteiger partial charge >= 0.3 is 0 Å². The standard InChI is InChI=1S/C19H14N2O/c20-16-9-6-14(7-10-16)19-21-17-11-8-15(12-18(17)22-19)13-4-2-1-3-5-13/h1-12H,20H2. The van der Waals surface area contributed by atoms with Crippen LogP contribution in [0.1, 0.15) is 0 Å². The summed E-state index contributed by atoms with van der Waals surface area (Å²) in [6, 6.07) is 23.8. The van der Waals surface area contributed by atoms with Crippen molar-refractivity contribution in [2.45, 2.75) is 0 Å². The van der Waals surface area contributed by atoms with Gasteiger partial charge in [0.25, 0.3) is 0 Å². The number of nitrogens with two attached hydrogens (primary N) is 1. The van der Waals surface area contributed by atoms with Crippen molar-refractivity contribution < 1.29 is 4.42 Å². The van der Waals surface area contributed by atoms with Crippen LogP contribution in [0, 0.1) is 0 Å². The average molecular weight is 286 g/mol. The summed E-state index contributed by atoms with van der Waals surface area (Å²) in [5, 5.41) is 0. The van der Waals surface area contributed by atoms with Crippen LogP contribution < -0.4 is 5.73 Å². The fourth-order valence-electron chi connectivity index (χ4n) is 2.48. The zero-order valence-electron chi connectivity index (χ0n) is 11.9. The van der Waals surface area contributed by atoms with Gasteiger partial charge in [0, 0.05) is 11.3 Å². The van der Waals surface area contributed by atoms with E-state index in [4.69, 9.17) is 10.2 Å². The van der Waals surface area contributed by atoms with Crippen LogP contribution in [0.5, 0.6) is 0 Å². The first kappa shape index (κ1) is 12.7. The largest absolute Gasteiger partial charge is 0.436 e. The molecule has 3 heteroatoms. The second-order valence-corrected chi connectivity index (χ2v) is 5.19. The molecule has 1 heterocycles. The molecule has 4 rings (SSSR count). The van der Waals surface area contributed by atoms with Gasteiger partial charge in [-0.25, -0.2) is 4.98 Å². The number of fused-ring (bicyclic) bond motifs is 1. The van der Waals surface area contributed by atoms with Crippen molar-refractivity contribution in [1.29, 1.82) is 0 Å². The minimum atomic E-state index is 0.611. The maximum atomic E-state index is 5.90. The highest BCUT2D eigenvalue weighted by atomic mass is 16.3. The van der Waals surface area contributed by atoms with Crippen molar-refractivity contribution >= 4 is 16.8 Å². The Balaban J connectivity index is 1.80. The monoisotopic (exact) mass is 286 g/mol. The molecule has 0 bridgehead atoms. The van der Waals surface area contributed by atoms with E-state index < -0.39 is 0 Å². The fraction of sp³-hybridized carbons (Fsp3) is 0. The highest BCUT2D eigenvalue weighted by Crippen LogP contribution is 2.28. The molecular weight excluding hydrogens is 272 g/mol. The van der Waals surface area contributed by atoms with Gasteiger partial charge in [0.1, 0.15) is 5.52 Å². The molecule has 22 heavy (non-hydrogen) atoms. The Morgan fingerprint density at radius 1 is 0.727 bits per heavy atom. The van der Waals surface area contributed by atoms with E-state index in [1.165, 1.54) is 0 Å². The van der Waals surface area contributed by atoms with E-state index in [2.05, 4.69) is 23.2 Å². The number of nitrogens with zero attached hydrogens (tertiary/aromatic N) is 1. The third kappa shape index (κ3) is 2.23. The molecule has 2 N–H and O–H groups in total. The van der Waals surface area contributed by atoms with E-state index in [1.807, 2.05) is 54.6 Å². The molecule has 0 saturated heterocycles. The predicted molar refractivity (Wildman–Crippen MR) is 89.3 cm³/mol. The van der Waals surface area contributed by atoms with E-state index >= 15 is 0 Å². The van der Waals surface area contributed by atoms with E-state index in [0.29, 0.717) is 5.89 Å². The number of nitrogen functional groups attached to an aromatic ring is 1. The van der Waals surface area contributed by atoms with E-state index in [9.17, 15) is 0 Å². The summed E-state index contributed by atoms with van der Waals surface area (Å²) >= 11 is 0. The normalized spacial score (nSPS) is 10.9. The molecule has 3 nitrogen and oxygen atoms in total. The van der Waals surface area contributed by atoms with Gasteiger partial charge in [-0.15, -0.1) is 0 Å². The molecule has 0 radical (unpaired) electrons.